The van der Waals surface area contributed by atoms with Crippen molar-refractivity contribution >= 4 is 10.9 Å². The predicted molar refractivity (Wildman–Crippen MR) is 72.1 cm³/mol. The highest BCUT2D eigenvalue weighted by molar-refractivity contribution is 5.82. The minimum Gasteiger partial charge on any atom is -0.497 e. The number of aromatic nitrogens is 1. The quantitative estimate of drug-likeness (QED) is 0.823. The van der Waals surface area contributed by atoms with E-state index in [1.54, 1.807) is 7.11 Å². The summed E-state index contributed by atoms with van der Waals surface area (Å²) >= 11 is 0. The van der Waals surface area contributed by atoms with Crippen molar-refractivity contribution in [2.24, 2.45) is 0 Å². The Morgan fingerprint density at radius 3 is 2.78 bits per heavy atom. The summed E-state index contributed by atoms with van der Waals surface area (Å²) < 4.78 is 7.72. The summed E-state index contributed by atoms with van der Waals surface area (Å²) in [6, 6.07) is 10.0. The zero-order chi connectivity index (χ0) is 12.1. The second kappa shape index (κ2) is 3.75. The molecule has 0 spiro atoms. The van der Waals surface area contributed by atoms with Crippen LogP contribution in [0.5, 0.6) is 5.75 Å². The Bertz CT molecular complexity index is 585. The molecule has 3 nitrogen and oxygen atoms in total. The predicted octanol–water partition coefficient (Wildman–Crippen LogP) is 2.67. The van der Waals surface area contributed by atoms with E-state index in [1.165, 1.54) is 36.8 Å². The molecule has 1 saturated heterocycles. The molecule has 2 fully saturated rings. The van der Waals surface area contributed by atoms with Crippen molar-refractivity contribution in [3.05, 3.63) is 30.5 Å². The van der Waals surface area contributed by atoms with E-state index in [0.29, 0.717) is 6.04 Å². The molecule has 0 N–H and O–H groups in total. The second-order valence-corrected chi connectivity index (χ2v) is 5.41. The molecule has 1 saturated carbocycles. The highest BCUT2D eigenvalue weighted by Gasteiger charge is 2.44. The van der Waals surface area contributed by atoms with Crippen LogP contribution < -0.4 is 4.74 Å². The molecule has 0 bridgehead atoms. The summed E-state index contributed by atoms with van der Waals surface area (Å²) in [5, 5.41) is 1.28. The molecule has 2 aliphatic rings. The first-order valence-electron chi connectivity index (χ1n) is 6.75. The Hall–Kier alpha value is -1.48. The van der Waals surface area contributed by atoms with Crippen LogP contribution in [-0.4, -0.2) is 35.7 Å². The van der Waals surface area contributed by atoms with Gasteiger partial charge in [0.05, 0.1) is 13.2 Å². The number of hydrogen-bond donors (Lipinski definition) is 0. The molecular weight excluding hydrogens is 224 g/mol. The molecular formula is C15H18N2O. The van der Waals surface area contributed by atoms with E-state index >= 15 is 0 Å². The number of methoxy groups -OCH3 is 1. The largest absolute Gasteiger partial charge is 0.497 e. The summed E-state index contributed by atoms with van der Waals surface area (Å²) in [5.41, 5.74) is 1.34. The molecule has 2 atom stereocenters. The standard InChI is InChI=1S/C15H18N2O/c1-18-12-3-4-13-11(9-12)5-8-17(13)15-10-14(15)16-6-2-7-16/h3-5,8-9,14-15H,2,6-7,10H2,1H3. The van der Waals surface area contributed by atoms with Crippen LogP contribution in [0.1, 0.15) is 18.9 Å². The Morgan fingerprint density at radius 2 is 2.06 bits per heavy atom. The van der Waals surface area contributed by atoms with Crippen molar-refractivity contribution in [3.8, 4) is 5.75 Å². The van der Waals surface area contributed by atoms with E-state index in [4.69, 9.17) is 4.74 Å². The van der Waals surface area contributed by atoms with Gasteiger partial charge in [-0.25, -0.2) is 0 Å². The molecule has 2 unspecified atom stereocenters. The number of nitrogens with zero attached hydrogens (tertiary/aromatic N) is 2. The summed E-state index contributed by atoms with van der Waals surface area (Å²) in [6.45, 7) is 2.60. The van der Waals surface area contributed by atoms with Gasteiger partial charge < -0.3 is 9.30 Å². The maximum atomic E-state index is 5.28. The lowest BCUT2D eigenvalue weighted by molar-refractivity contribution is 0.163. The number of benzene rings is 1. The van der Waals surface area contributed by atoms with Gasteiger partial charge in [0.1, 0.15) is 5.75 Å². The van der Waals surface area contributed by atoms with Crippen molar-refractivity contribution in [1.82, 2.24) is 9.47 Å². The smallest absolute Gasteiger partial charge is 0.119 e. The van der Waals surface area contributed by atoms with E-state index in [9.17, 15) is 0 Å². The van der Waals surface area contributed by atoms with Crippen LogP contribution >= 0.6 is 0 Å². The number of rotatable bonds is 3. The van der Waals surface area contributed by atoms with E-state index in [-0.39, 0.29) is 0 Å². The third-order valence-electron chi connectivity index (χ3n) is 4.37. The highest BCUT2D eigenvalue weighted by atomic mass is 16.5. The van der Waals surface area contributed by atoms with Crippen molar-refractivity contribution in [2.45, 2.75) is 24.9 Å². The van der Waals surface area contributed by atoms with Gasteiger partial charge in [-0.2, -0.15) is 0 Å². The lowest BCUT2D eigenvalue weighted by atomic mass is 10.2. The third kappa shape index (κ3) is 1.47. The molecule has 0 radical (unpaired) electrons. The number of likely N-dealkylation sites (tertiary alicyclic amines) is 1. The summed E-state index contributed by atoms with van der Waals surface area (Å²) in [5.74, 6) is 0.940. The van der Waals surface area contributed by atoms with Crippen LogP contribution in [0.3, 0.4) is 0 Å². The van der Waals surface area contributed by atoms with Crippen LogP contribution in [0.15, 0.2) is 30.5 Å². The molecule has 0 amide bonds. The Labute approximate surface area is 107 Å². The van der Waals surface area contributed by atoms with E-state index < -0.39 is 0 Å². The minimum atomic E-state index is 0.691. The lowest BCUT2D eigenvalue weighted by Crippen LogP contribution is -2.39. The van der Waals surface area contributed by atoms with Crippen LogP contribution in [0.25, 0.3) is 10.9 Å². The van der Waals surface area contributed by atoms with Crippen molar-refractivity contribution in [1.29, 1.82) is 0 Å². The van der Waals surface area contributed by atoms with Crippen molar-refractivity contribution < 1.29 is 4.74 Å². The Kier molecular flexibility index (Phi) is 2.18. The van der Waals surface area contributed by atoms with Crippen LogP contribution in [0.2, 0.25) is 0 Å². The van der Waals surface area contributed by atoms with E-state index in [1.807, 2.05) is 0 Å². The zero-order valence-corrected chi connectivity index (χ0v) is 10.7. The van der Waals surface area contributed by atoms with Crippen LogP contribution in [-0.2, 0) is 0 Å². The van der Waals surface area contributed by atoms with E-state index in [2.05, 4.69) is 39.9 Å². The van der Waals surface area contributed by atoms with Crippen molar-refractivity contribution in [3.63, 3.8) is 0 Å². The average Bonchev–Trinajstić information content (AvgIpc) is 2.97. The van der Waals surface area contributed by atoms with Gasteiger partial charge >= 0.3 is 0 Å². The second-order valence-electron chi connectivity index (χ2n) is 5.41. The first-order valence-corrected chi connectivity index (χ1v) is 6.75. The molecule has 1 aromatic heterocycles. The average molecular weight is 242 g/mol. The molecule has 1 aliphatic heterocycles. The fraction of sp³-hybridized carbons (Fsp3) is 0.467. The Balaban J connectivity index is 1.65. The highest BCUT2D eigenvalue weighted by Crippen LogP contribution is 2.44. The topological polar surface area (TPSA) is 17.4 Å². The first-order chi connectivity index (χ1) is 8.86. The third-order valence-corrected chi connectivity index (χ3v) is 4.37. The van der Waals surface area contributed by atoms with Gasteiger partial charge in [0.2, 0.25) is 0 Å². The fourth-order valence-corrected chi connectivity index (χ4v) is 3.09. The van der Waals surface area contributed by atoms with Crippen LogP contribution in [0.4, 0.5) is 0 Å². The molecule has 3 heteroatoms. The van der Waals surface area contributed by atoms with Gasteiger partial charge in [0.25, 0.3) is 0 Å². The minimum absolute atomic E-state index is 0.691. The van der Waals surface area contributed by atoms with Gasteiger partial charge in [0.15, 0.2) is 0 Å². The number of fused-ring (bicyclic) bond motifs is 1. The molecule has 2 aromatic rings. The number of hydrogen-bond acceptors (Lipinski definition) is 2. The molecule has 94 valence electrons. The summed E-state index contributed by atoms with van der Waals surface area (Å²) in [4.78, 5) is 2.61. The summed E-state index contributed by atoms with van der Waals surface area (Å²) in [7, 11) is 1.72. The van der Waals surface area contributed by atoms with Crippen molar-refractivity contribution in [2.75, 3.05) is 20.2 Å². The van der Waals surface area contributed by atoms with Gasteiger partial charge in [0, 0.05) is 23.1 Å². The fourth-order valence-electron chi connectivity index (χ4n) is 3.09. The van der Waals surface area contributed by atoms with E-state index in [0.717, 1.165) is 11.8 Å². The molecule has 1 aliphatic carbocycles. The number of ether oxygens (including phenoxy) is 1. The van der Waals surface area contributed by atoms with Gasteiger partial charge in [-0.15, -0.1) is 0 Å². The van der Waals surface area contributed by atoms with Gasteiger partial charge in [-0.05, 0) is 50.2 Å². The maximum absolute atomic E-state index is 5.28. The molecule has 2 heterocycles. The molecule has 4 rings (SSSR count). The van der Waals surface area contributed by atoms with Crippen LogP contribution in [0, 0.1) is 0 Å². The molecule has 1 aromatic carbocycles. The summed E-state index contributed by atoms with van der Waals surface area (Å²) in [6.07, 6.45) is 4.93. The van der Waals surface area contributed by atoms with Gasteiger partial charge in [-0.1, -0.05) is 0 Å². The molecule has 18 heavy (non-hydrogen) atoms. The Morgan fingerprint density at radius 1 is 1.17 bits per heavy atom. The first kappa shape index (κ1) is 10.4. The maximum Gasteiger partial charge on any atom is 0.119 e. The zero-order valence-electron chi connectivity index (χ0n) is 10.7. The normalized spacial score (nSPS) is 27.2. The SMILES string of the molecule is COc1ccc2c(ccn2C2CC2N2CCC2)c1. The monoisotopic (exact) mass is 242 g/mol. The van der Waals surface area contributed by atoms with Gasteiger partial charge in [-0.3, -0.25) is 4.90 Å². The lowest BCUT2D eigenvalue weighted by Gasteiger charge is -2.31.